The number of hydrogen-bond donors (Lipinski definition) is 1. The van der Waals surface area contributed by atoms with Crippen molar-refractivity contribution in [1.29, 1.82) is 0 Å². The maximum absolute atomic E-state index is 13.4. The van der Waals surface area contributed by atoms with E-state index in [1.807, 2.05) is 86.9 Å². The van der Waals surface area contributed by atoms with Crippen molar-refractivity contribution in [3.05, 3.63) is 89.7 Å². The van der Waals surface area contributed by atoms with Crippen molar-refractivity contribution in [1.82, 2.24) is 0 Å². The molecule has 4 nitrogen and oxygen atoms in total. The highest BCUT2D eigenvalue weighted by atomic mass is 32.1. The normalized spacial score (nSPS) is 11.5. The lowest BCUT2D eigenvalue weighted by molar-refractivity contribution is -0.577. The lowest BCUT2D eigenvalue weighted by Crippen LogP contribution is -2.39. The van der Waals surface area contributed by atoms with E-state index in [4.69, 9.17) is 17.0 Å². The predicted octanol–water partition coefficient (Wildman–Crippen LogP) is 3.73. The number of pyridine rings is 1. The molecule has 3 rings (SSSR count). The van der Waals surface area contributed by atoms with E-state index in [1.54, 1.807) is 11.7 Å². The van der Waals surface area contributed by atoms with Crippen LogP contribution in [0, 0.1) is 13.8 Å². The average molecular weight is 391 g/mol. The van der Waals surface area contributed by atoms with E-state index in [2.05, 4.69) is 5.32 Å². The zero-order chi connectivity index (χ0) is 20.1. The second-order valence-electron chi connectivity index (χ2n) is 6.45. The summed E-state index contributed by atoms with van der Waals surface area (Å²) in [5, 5.41) is 16.5. The first kappa shape index (κ1) is 19.6. The second-order valence-corrected chi connectivity index (χ2v) is 6.85. The van der Waals surface area contributed by atoms with Gasteiger partial charge in [0.1, 0.15) is 5.75 Å². The quantitative estimate of drug-likeness (QED) is 0.312. The molecule has 0 aliphatic heterocycles. The standard InChI is InChI=1S/C23H22N2O2S/c1-16-10-11-18(14-17(16)2)22(26)21(25-12-5-4-6-13-25)23(28)24-19-8-7-9-20(15-19)27-3/h4-15H,1-3H3,(H-,24,26,28). The van der Waals surface area contributed by atoms with Gasteiger partial charge in [-0.15, -0.1) is 0 Å². The monoisotopic (exact) mass is 390 g/mol. The molecule has 5 heteroatoms. The number of aryl methyl sites for hydroxylation is 2. The molecular weight excluding hydrogens is 368 g/mol. The Labute approximate surface area is 170 Å². The van der Waals surface area contributed by atoms with Crippen LogP contribution in [-0.4, -0.2) is 12.1 Å². The van der Waals surface area contributed by atoms with Crippen LogP contribution < -0.4 is 19.7 Å². The molecule has 28 heavy (non-hydrogen) atoms. The highest BCUT2D eigenvalue weighted by molar-refractivity contribution is 7.81. The Morgan fingerprint density at radius 2 is 1.71 bits per heavy atom. The number of nitrogens with one attached hydrogen (secondary N) is 1. The molecule has 0 atom stereocenters. The maximum atomic E-state index is 13.4. The van der Waals surface area contributed by atoms with Gasteiger partial charge < -0.3 is 15.2 Å². The molecule has 3 aromatic rings. The Bertz CT molecular complexity index is 1030. The van der Waals surface area contributed by atoms with E-state index in [0.29, 0.717) is 22.0 Å². The Hall–Kier alpha value is -3.18. The smallest absolute Gasteiger partial charge is 0.238 e. The number of benzene rings is 2. The Balaban J connectivity index is 2.06. The number of anilines is 1. The molecule has 2 aromatic carbocycles. The first-order valence-electron chi connectivity index (χ1n) is 8.90. The van der Waals surface area contributed by atoms with Crippen LogP contribution in [0.3, 0.4) is 0 Å². The zero-order valence-corrected chi connectivity index (χ0v) is 16.9. The van der Waals surface area contributed by atoms with Gasteiger partial charge in [-0.25, -0.2) is 0 Å². The number of thiocarbonyl (C=S) groups is 1. The van der Waals surface area contributed by atoms with E-state index >= 15 is 0 Å². The molecule has 0 fully saturated rings. The van der Waals surface area contributed by atoms with Gasteiger partial charge >= 0.3 is 0 Å². The van der Waals surface area contributed by atoms with Gasteiger partial charge in [0, 0.05) is 23.9 Å². The fourth-order valence-electron chi connectivity index (χ4n) is 2.80. The molecule has 0 aliphatic carbocycles. The summed E-state index contributed by atoms with van der Waals surface area (Å²) in [5.74, 6) is 0.571. The van der Waals surface area contributed by atoms with E-state index in [0.717, 1.165) is 16.8 Å². The van der Waals surface area contributed by atoms with Gasteiger partial charge in [-0.2, -0.15) is 4.57 Å². The molecule has 0 bridgehead atoms. The van der Waals surface area contributed by atoms with Gasteiger partial charge in [-0.3, -0.25) is 0 Å². The summed E-state index contributed by atoms with van der Waals surface area (Å²) in [7, 11) is 1.61. The number of rotatable bonds is 5. The highest BCUT2D eigenvalue weighted by Crippen LogP contribution is 2.21. The average Bonchev–Trinajstić information content (AvgIpc) is 2.71. The van der Waals surface area contributed by atoms with Crippen LogP contribution in [-0.2, 0) is 0 Å². The van der Waals surface area contributed by atoms with Crippen molar-refractivity contribution in [2.75, 3.05) is 12.4 Å². The molecule has 0 aliphatic rings. The van der Waals surface area contributed by atoms with Crippen LogP contribution in [0.15, 0.2) is 73.1 Å². The van der Waals surface area contributed by atoms with Crippen LogP contribution >= 0.6 is 12.2 Å². The Morgan fingerprint density at radius 3 is 2.39 bits per heavy atom. The summed E-state index contributed by atoms with van der Waals surface area (Å²) in [6, 6.07) is 18.7. The summed E-state index contributed by atoms with van der Waals surface area (Å²) in [4.78, 5) is 0.340. The minimum atomic E-state index is -0.139. The Morgan fingerprint density at radius 1 is 0.964 bits per heavy atom. The van der Waals surface area contributed by atoms with E-state index in [1.165, 1.54) is 0 Å². The first-order valence-corrected chi connectivity index (χ1v) is 9.31. The molecule has 0 amide bonds. The third-order valence-electron chi connectivity index (χ3n) is 4.50. The number of hydrogen-bond acceptors (Lipinski definition) is 3. The topological polar surface area (TPSA) is 48.2 Å². The number of aromatic nitrogens is 1. The van der Waals surface area contributed by atoms with Gasteiger partial charge in [0.05, 0.1) is 7.11 Å². The van der Waals surface area contributed by atoms with Crippen molar-refractivity contribution in [2.45, 2.75) is 13.8 Å². The minimum Gasteiger partial charge on any atom is -0.867 e. The predicted molar refractivity (Wildman–Crippen MR) is 115 cm³/mol. The van der Waals surface area contributed by atoms with E-state index < -0.39 is 0 Å². The lowest BCUT2D eigenvalue weighted by Gasteiger charge is -2.18. The largest absolute Gasteiger partial charge is 0.867 e. The van der Waals surface area contributed by atoms with Crippen molar-refractivity contribution in [2.24, 2.45) is 0 Å². The van der Waals surface area contributed by atoms with Crippen molar-refractivity contribution in [3.8, 4) is 5.75 Å². The van der Waals surface area contributed by atoms with Crippen LogP contribution in [0.4, 0.5) is 5.69 Å². The second kappa shape index (κ2) is 8.67. The van der Waals surface area contributed by atoms with Gasteiger partial charge in [0.25, 0.3) is 0 Å². The van der Waals surface area contributed by atoms with Gasteiger partial charge in [-0.05, 0) is 48.4 Å². The molecule has 0 saturated carbocycles. The van der Waals surface area contributed by atoms with Crippen LogP contribution in [0.2, 0.25) is 0 Å². The SMILES string of the molecule is COc1cccc(NC(=S)C(=C([O-])c2ccc(C)c(C)c2)[n+]2ccccc2)c1. The summed E-state index contributed by atoms with van der Waals surface area (Å²) in [5.41, 5.74) is 3.95. The maximum Gasteiger partial charge on any atom is 0.238 e. The fourth-order valence-corrected chi connectivity index (χ4v) is 3.11. The third-order valence-corrected chi connectivity index (χ3v) is 4.80. The molecule has 1 aromatic heterocycles. The first-order chi connectivity index (χ1) is 13.5. The fraction of sp³-hybridized carbons (Fsp3) is 0.130. The van der Waals surface area contributed by atoms with Gasteiger partial charge in [0.2, 0.25) is 5.70 Å². The minimum absolute atomic E-state index is 0.139. The third kappa shape index (κ3) is 4.38. The molecule has 0 saturated heterocycles. The summed E-state index contributed by atoms with van der Waals surface area (Å²) < 4.78 is 7.00. The van der Waals surface area contributed by atoms with Gasteiger partial charge in [0.15, 0.2) is 17.4 Å². The lowest BCUT2D eigenvalue weighted by atomic mass is 10.0. The van der Waals surface area contributed by atoms with Crippen LogP contribution in [0.25, 0.3) is 11.5 Å². The summed E-state index contributed by atoms with van der Waals surface area (Å²) in [6.45, 7) is 4.02. The molecule has 142 valence electrons. The number of methoxy groups -OCH3 is 1. The molecule has 0 unspecified atom stereocenters. The Kier molecular flexibility index (Phi) is 6.06. The van der Waals surface area contributed by atoms with Gasteiger partial charge in [-0.1, -0.05) is 42.5 Å². The number of nitrogens with zero attached hydrogens (tertiary/aromatic N) is 1. The van der Waals surface area contributed by atoms with E-state index in [-0.39, 0.29) is 5.76 Å². The number of ether oxygens (including phenoxy) is 1. The molecule has 0 spiro atoms. The summed E-state index contributed by atoms with van der Waals surface area (Å²) >= 11 is 5.62. The summed E-state index contributed by atoms with van der Waals surface area (Å²) in [6.07, 6.45) is 3.63. The van der Waals surface area contributed by atoms with Crippen LogP contribution in [0.5, 0.6) is 5.75 Å². The highest BCUT2D eigenvalue weighted by Gasteiger charge is 2.19. The molecular formula is C23H22N2O2S. The molecule has 1 heterocycles. The molecule has 0 radical (unpaired) electrons. The van der Waals surface area contributed by atoms with Crippen LogP contribution in [0.1, 0.15) is 16.7 Å². The van der Waals surface area contributed by atoms with Crippen molar-refractivity contribution in [3.63, 3.8) is 0 Å². The van der Waals surface area contributed by atoms with Crippen molar-refractivity contribution < 1.29 is 14.4 Å². The van der Waals surface area contributed by atoms with Crippen molar-refractivity contribution >= 4 is 34.3 Å². The van der Waals surface area contributed by atoms with E-state index in [9.17, 15) is 5.11 Å². The molecule has 1 N–H and O–H groups in total. The zero-order valence-electron chi connectivity index (χ0n) is 16.1.